The van der Waals surface area contributed by atoms with Crippen molar-refractivity contribution in [3.63, 3.8) is 0 Å². The van der Waals surface area contributed by atoms with Gasteiger partial charge in [-0.25, -0.2) is 0 Å². The van der Waals surface area contributed by atoms with Crippen LogP contribution in [0.2, 0.25) is 38.4 Å². The zero-order valence-corrected chi connectivity index (χ0v) is 12.7. The molecule has 0 bridgehead atoms. The van der Waals surface area contributed by atoms with Gasteiger partial charge in [-0.1, -0.05) is 45.8 Å². The molecule has 0 aliphatic carbocycles. The molecule has 0 aliphatic rings. The minimum atomic E-state index is -0.688. The van der Waals surface area contributed by atoms with Crippen LogP contribution < -0.4 is 0 Å². The predicted octanol–water partition coefficient (Wildman–Crippen LogP) is 2.48. The van der Waals surface area contributed by atoms with Crippen LogP contribution in [-0.4, -0.2) is 27.1 Å². The van der Waals surface area contributed by atoms with Gasteiger partial charge in [0.25, 0.3) is 0 Å². The fourth-order valence-electron chi connectivity index (χ4n) is 0.535. The van der Waals surface area contributed by atoms with E-state index in [9.17, 15) is 0 Å². The summed E-state index contributed by atoms with van der Waals surface area (Å²) in [5.74, 6) is 0. The lowest BCUT2D eigenvalue weighted by Crippen LogP contribution is -2.21. The Hall–Kier alpha value is 0.391. The topological polar surface area (TPSA) is 0 Å². The quantitative estimate of drug-likeness (QED) is 0.641. The van der Waals surface area contributed by atoms with Crippen molar-refractivity contribution < 1.29 is 0 Å². The zero-order valence-electron chi connectivity index (χ0n) is 8.91. The molecular weight excluding hydrogens is 192 g/mol. The molecule has 0 aromatic heterocycles. The van der Waals surface area contributed by atoms with Gasteiger partial charge in [0, 0.05) is 27.1 Å². The summed E-state index contributed by atoms with van der Waals surface area (Å²) < 4.78 is 0. The summed E-state index contributed by atoms with van der Waals surface area (Å²) in [5, 5.41) is 0. The van der Waals surface area contributed by atoms with Crippen LogP contribution in [0.15, 0.2) is 12.3 Å². The SMILES string of the molecule is C.C=C[SiH2]C[Si](C)(C)C.C[SiH2]C. The van der Waals surface area contributed by atoms with Crippen molar-refractivity contribution in [2.45, 2.75) is 45.8 Å². The third kappa shape index (κ3) is 31.5. The Bertz CT molecular complexity index is 84.3. The van der Waals surface area contributed by atoms with E-state index < -0.39 is 8.07 Å². The predicted molar refractivity (Wildman–Crippen MR) is 73.9 cm³/mol. The van der Waals surface area contributed by atoms with Gasteiger partial charge >= 0.3 is 0 Å². The maximum Gasteiger partial charge on any atom is 0.0420 e. The van der Waals surface area contributed by atoms with Gasteiger partial charge in [-0.2, -0.15) is 0 Å². The van der Waals surface area contributed by atoms with Crippen molar-refractivity contribution in [3.05, 3.63) is 12.3 Å². The van der Waals surface area contributed by atoms with E-state index in [1.165, 1.54) is 5.67 Å². The Kier molecular flexibility index (Phi) is 17.3. The van der Waals surface area contributed by atoms with E-state index in [0.29, 0.717) is 9.52 Å². The summed E-state index contributed by atoms with van der Waals surface area (Å²) >= 11 is 0. The van der Waals surface area contributed by atoms with Crippen LogP contribution in [0.5, 0.6) is 0 Å². The van der Waals surface area contributed by atoms with Gasteiger partial charge in [0.2, 0.25) is 0 Å². The van der Waals surface area contributed by atoms with Gasteiger partial charge in [0.15, 0.2) is 0 Å². The normalized spacial score (nSPS) is 10.1. The summed E-state index contributed by atoms with van der Waals surface area (Å²) in [4.78, 5) is 0. The standard InChI is InChI=1S/C6H16Si2.C2H8Si.CH4/c1-5-7-6-8(2,3)4;1-3-2;/h5H,1,6-7H2,2-4H3;3H2,1-2H3;1H4. The highest BCUT2D eigenvalue weighted by Crippen LogP contribution is 2.05. The zero-order chi connectivity index (χ0) is 9.33. The molecule has 0 saturated heterocycles. The molecule has 0 spiro atoms. The second kappa shape index (κ2) is 11.4. The van der Waals surface area contributed by atoms with Crippen LogP contribution in [0.3, 0.4) is 0 Å². The van der Waals surface area contributed by atoms with Crippen molar-refractivity contribution in [2.24, 2.45) is 0 Å². The average Bonchev–Trinajstić information content (AvgIpc) is 1.84. The minimum absolute atomic E-state index is 0. The second-order valence-corrected chi connectivity index (χ2v) is 13.8. The summed E-state index contributed by atoms with van der Waals surface area (Å²) in [6, 6.07) is 0. The van der Waals surface area contributed by atoms with E-state index in [1.54, 1.807) is 0 Å². The first kappa shape index (κ1) is 18.2. The molecular formula is C9H28Si3. The highest BCUT2D eigenvalue weighted by atomic mass is 28.4. The van der Waals surface area contributed by atoms with Crippen LogP contribution in [0.25, 0.3) is 0 Å². The molecule has 0 heterocycles. The Labute approximate surface area is 85.5 Å². The van der Waals surface area contributed by atoms with E-state index in [-0.39, 0.29) is 16.9 Å². The van der Waals surface area contributed by atoms with Crippen LogP contribution in [0, 0.1) is 0 Å². The van der Waals surface area contributed by atoms with Crippen LogP contribution in [0.4, 0.5) is 0 Å². The van der Waals surface area contributed by atoms with E-state index in [4.69, 9.17) is 0 Å². The maximum atomic E-state index is 3.75. The third-order valence-electron chi connectivity index (χ3n) is 1.10. The molecule has 0 saturated carbocycles. The highest BCUT2D eigenvalue weighted by molar-refractivity contribution is 6.83. The monoisotopic (exact) mass is 220 g/mol. The van der Waals surface area contributed by atoms with Crippen LogP contribution in [0.1, 0.15) is 7.43 Å². The van der Waals surface area contributed by atoms with E-state index in [0.717, 1.165) is 0 Å². The Balaban J connectivity index is -0.000000177. The summed E-state index contributed by atoms with van der Waals surface area (Å²) in [6.45, 7) is 15.5. The molecule has 0 radical (unpaired) electrons. The first-order valence-electron chi connectivity index (χ1n) is 4.58. The summed E-state index contributed by atoms with van der Waals surface area (Å²) in [6.07, 6.45) is 0. The molecule has 12 heavy (non-hydrogen) atoms. The third-order valence-corrected chi connectivity index (χ3v) is 8.66. The first-order chi connectivity index (χ1) is 4.97. The van der Waals surface area contributed by atoms with Crippen molar-refractivity contribution in [1.82, 2.24) is 0 Å². The highest BCUT2D eigenvalue weighted by Gasteiger charge is 2.10. The molecule has 76 valence electrons. The number of hydrogen-bond acceptors (Lipinski definition) is 0. The number of rotatable bonds is 3. The van der Waals surface area contributed by atoms with Crippen molar-refractivity contribution in [3.8, 4) is 0 Å². The molecule has 0 amide bonds. The van der Waals surface area contributed by atoms with E-state index in [1.807, 2.05) is 0 Å². The Morgan fingerprint density at radius 2 is 1.58 bits per heavy atom. The minimum Gasteiger partial charge on any atom is -0.109 e. The van der Waals surface area contributed by atoms with Crippen LogP contribution in [-0.2, 0) is 0 Å². The lowest BCUT2D eigenvalue weighted by Gasteiger charge is -2.12. The van der Waals surface area contributed by atoms with Crippen molar-refractivity contribution in [1.29, 1.82) is 0 Å². The molecule has 0 aromatic rings. The maximum absolute atomic E-state index is 3.75. The molecule has 0 rings (SSSR count). The van der Waals surface area contributed by atoms with Crippen molar-refractivity contribution in [2.75, 3.05) is 0 Å². The molecule has 0 fully saturated rings. The molecule has 0 aliphatic heterocycles. The smallest absolute Gasteiger partial charge is 0.0420 e. The molecule has 0 nitrogen and oxygen atoms in total. The fourth-order valence-corrected chi connectivity index (χ4v) is 4.82. The summed E-state index contributed by atoms with van der Waals surface area (Å²) in [7, 11) is -0.128. The van der Waals surface area contributed by atoms with Gasteiger partial charge in [0.05, 0.1) is 0 Å². The van der Waals surface area contributed by atoms with Crippen molar-refractivity contribution >= 4 is 27.1 Å². The lowest BCUT2D eigenvalue weighted by atomic mass is 11.3. The Morgan fingerprint density at radius 3 is 1.67 bits per heavy atom. The largest absolute Gasteiger partial charge is 0.109 e. The Morgan fingerprint density at radius 1 is 1.25 bits per heavy atom. The fraction of sp³-hybridized carbons (Fsp3) is 0.778. The van der Waals surface area contributed by atoms with Gasteiger partial charge in [-0.3, -0.25) is 0 Å². The number of hydrogen-bond donors (Lipinski definition) is 0. The molecule has 3 heteroatoms. The van der Waals surface area contributed by atoms with Gasteiger partial charge < -0.3 is 0 Å². The summed E-state index contributed by atoms with van der Waals surface area (Å²) in [5.41, 5.74) is 3.68. The molecule has 0 aromatic carbocycles. The second-order valence-electron chi connectivity index (χ2n) is 4.10. The molecule has 0 atom stereocenters. The first-order valence-corrected chi connectivity index (χ1v) is 12.9. The van der Waals surface area contributed by atoms with E-state index in [2.05, 4.69) is 45.0 Å². The average molecular weight is 221 g/mol. The van der Waals surface area contributed by atoms with Crippen LogP contribution >= 0.6 is 0 Å². The van der Waals surface area contributed by atoms with Gasteiger partial charge in [-0.05, 0) is 0 Å². The lowest BCUT2D eigenvalue weighted by molar-refractivity contribution is 1.64. The van der Waals surface area contributed by atoms with Gasteiger partial charge in [-0.15, -0.1) is 12.3 Å². The van der Waals surface area contributed by atoms with Gasteiger partial charge in [0.1, 0.15) is 0 Å². The molecule has 0 N–H and O–H groups in total. The molecule has 0 unspecified atom stereocenters. The van der Waals surface area contributed by atoms with E-state index >= 15 is 0 Å².